The topological polar surface area (TPSA) is 126 Å². The number of aromatic nitrogens is 3. The molecule has 0 spiro atoms. The van der Waals surface area contributed by atoms with E-state index in [4.69, 9.17) is 0 Å². The van der Waals surface area contributed by atoms with Gasteiger partial charge in [0.1, 0.15) is 18.9 Å². The number of hydrazine groups is 2. The second-order valence-corrected chi connectivity index (χ2v) is 10.5. The highest BCUT2D eigenvalue weighted by atomic mass is 16.1. The van der Waals surface area contributed by atoms with Crippen LogP contribution >= 0.6 is 0 Å². The summed E-state index contributed by atoms with van der Waals surface area (Å²) < 4.78 is 0. The summed E-state index contributed by atoms with van der Waals surface area (Å²) in [5.41, 5.74) is 12.3. The molecule has 0 unspecified atom stereocenters. The van der Waals surface area contributed by atoms with E-state index in [1.807, 2.05) is 91.4 Å². The fourth-order valence-electron chi connectivity index (χ4n) is 5.64. The molecule has 0 bridgehead atoms. The van der Waals surface area contributed by atoms with Gasteiger partial charge in [-0.25, -0.2) is 10.9 Å². The van der Waals surface area contributed by atoms with E-state index in [1.54, 1.807) is 0 Å². The second-order valence-electron chi connectivity index (χ2n) is 10.5. The number of para-hydroxylation sites is 3. The van der Waals surface area contributed by atoms with Crippen LogP contribution in [0, 0.1) is 0 Å². The van der Waals surface area contributed by atoms with Crippen LogP contribution in [0.3, 0.4) is 0 Å². The summed E-state index contributed by atoms with van der Waals surface area (Å²) in [7, 11) is 0. The van der Waals surface area contributed by atoms with E-state index in [2.05, 4.69) is 25.8 Å². The maximum absolute atomic E-state index is 12.6. The van der Waals surface area contributed by atoms with E-state index in [0.29, 0.717) is 19.3 Å². The van der Waals surface area contributed by atoms with E-state index in [-0.39, 0.29) is 0 Å². The second kappa shape index (κ2) is 12.4. The normalized spacial score (nSPS) is 13.9. The van der Waals surface area contributed by atoms with Crippen molar-refractivity contribution in [3.05, 3.63) is 108 Å². The number of aromatic amines is 3. The lowest BCUT2D eigenvalue weighted by molar-refractivity contribution is -0.122. The van der Waals surface area contributed by atoms with Gasteiger partial charge in [-0.3, -0.25) is 0 Å². The highest BCUT2D eigenvalue weighted by molar-refractivity contribution is 5.85. The van der Waals surface area contributed by atoms with Gasteiger partial charge in [0.15, 0.2) is 0 Å². The van der Waals surface area contributed by atoms with Crippen LogP contribution in [-0.2, 0) is 33.6 Å². The highest BCUT2D eigenvalue weighted by Crippen LogP contribution is 2.22. The van der Waals surface area contributed by atoms with Gasteiger partial charge in [0.25, 0.3) is 0 Å². The molecule has 0 radical (unpaired) electrons. The summed E-state index contributed by atoms with van der Waals surface area (Å²) in [6.07, 6.45) is 9.32. The number of hydrogen-bond donors (Lipinski definition) is 5. The third-order valence-corrected chi connectivity index (χ3v) is 7.76. The molecule has 0 amide bonds. The van der Waals surface area contributed by atoms with Gasteiger partial charge in [0, 0.05) is 51.3 Å². The summed E-state index contributed by atoms with van der Waals surface area (Å²) in [6, 6.07) is 21.7. The first-order valence-corrected chi connectivity index (χ1v) is 14.0. The largest absolute Gasteiger partial charge is 0.361 e. The molecular formula is C33H32N6O3. The van der Waals surface area contributed by atoms with Gasteiger partial charge < -0.3 is 29.3 Å². The van der Waals surface area contributed by atoms with Crippen LogP contribution in [0.25, 0.3) is 32.7 Å². The number of benzene rings is 3. The average Bonchev–Trinajstić information content (AvgIpc) is 3.76. The molecule has 3 heterocycles. The van der Waals surface area contributed by atoms with Gasteiger partial charge in [0.2, 0.25) is 0 Å². The van der Waals surface area contributed by atoms with E-state index in [0.717, 1.165) is 68.3 Å². The van der Waals surface area contributed by atoms with Crippen LogP contribution in [0.15, 0.2) is 91.4 Å². The number of carbonyl (C=O) groups excluding carboxylic acids is 3. The lowest BCUT2D eigenvalue weighted by atomic mass is 10.0. The SMILES string of the molecule is O=C[C@H](Cc1c[nH]c2ccccc12)NN(N[C@H](C=O)Cc1c[nH]c2ccccc12)[C@H](C=O)Cc1c[nH]c2ccccc12. The van der Waals surface area contributed by atoms with Crippen LogP contribution in [0.1, 0.15) is 16.7 Å². The molecule has 0 saturated carbocycles. The van der Waals surface area contributed by atoms with Crippen LogP contribution < -0.4 is 10.9 Å². The molecular weight excluding hydrogens is 528 g/mol. The monoisotopic (exact) mass is 560 g/mol. The Kier molecular flexibility index (Phi) is 8.05. The maximum Gasteiger partial charge on any atom is 0.140 e. The van der Waals surface area contributed by atoms with Crippen molar-refractivity contribution in [3.63, 3.8) is 0 Å². The van der Waals surface area contributed by atoms with Crippen molar-refractivity contribution in [2.24, 2.45) is 0 Å². The van der Waals surface area contributed by atoms with Crippen molar-refractivity contribution in [2.75, 3.05) is 0 Å². The molecule has 9 nitrogen and oxygen atoms in total. The van der Waals surface area contributed by atoms with Crippen LogP contribution in [0.4, 0.5) is 0 Å². The Labute approximate surface area is 242 Å². The Balaban J connectivity index is 1.28. The zero-order valence-corrected chi connectivity index (χ0v) is 22.9. The highest BCUT2D eigenvalue weighted by Gasteiger charge is 2.26. The number of aldehydes is 3. The first kappa shape index (κ1) is 27.3. The van der Waals surface area contributed by atoms with E-state index in [9.17, 15) is 14.4 Å². The zero-order valence-electron chi connectivity index (χ0n) is 22.9. The Hall–Kier alpha value is -4.83. The summed E-state index contributed by atoms with van der Waals surface area (Å²) in [5, 5.41) is 4.61. The van der Waals surface area contributed by atoms with Crippen LogP contribution in [0.5, 0.6) is 0 Å². The standard InChI is InChI=1S/C33H32N6O3/c40-19-25(13-22-16-34-31-10-4-1-7-28(22)31)37-39(27(21-42)15-24-18-36-33-12-6-3-9-30(24)33)38-26(20-41)14-23-17-35-32-11-5-2-8-29(23)32/h1-12,16-21,25-27,34-38H,13-15H2/t25-,26-,27-/m0/s1. The maximum atomic E-state index is 12.6. The fourth-order valence-corrected chi connectivity index (χ4v) is 5.64. The van der Waals surface area contributed by atoms with Crippen molar-refractivity contribution >= 4 is 51.6 Å². The predicted octanol–water partition coefficient (Wildman–Crippen LogP) is 4.17. The Morgan fingerprint density at radius 1 is 0.548 bits per heavy atom. The minimum atomic E-state index is -0.722. The molecule has 5 N–H and O–H groups in total. The molecule has 0 aliphatic rings. The molecule has 0 fully saturated rings. The van der Waals surface area contributed by atoms with Crippen LogP contribution in [0.2, 0.25) is 0 Å². The minimum absolute atomic E-state index is 0.352. The fraction of sp³-hybridized carbons (Fsp3) is 0.182. The molecule has 6 aromatic rings. The number of H-pyrrole nitrogens is 3. The molecule has 0 aliphatic heterocycles. The Bertz CT molecular complexity index is 1750. The minimum Gasteiger partial charge on any atom is -0.361 e. The number of nitrogens with one attached hydrogen (secondary N) is 5. The van der Waals surface area contributed by atoms with E-state index < -0.39 is 18.1 Å². The smallest absolute Gasteiger partial charge is 0.140 e. The molecule has 3 aromatic heterocycles. The first-order valence-electron chi connectivity index (χ1n) is 14.0. The Morgan fingerprint density at radius 3 is 1.31 bits per heavy atom. The van der Waals surface area contributed by atoms with Gasteiger partial charge in [-0.1, -0.05) is 54.6 Å². The number of nitrogens with zero attached hydrogens (tertiary/aromatic N) is 1. The quantitative estimate of drug-likeness (QED) is 0.101. The number of fused-ring (bicyclic) bond motifs is 3. The Morgan fingerprint density at radius 2 is 0.929 bits per heavy atom. The molecule has 212 valence electrons. The third kappa shape index (κ3) is 5.66. The molecule has 9 heteroatoms. The number of rotatable bonds is 14. The predicted molar refractivity (Wildman–Crippen MR) is 164 cm³/mol. The van der Waals surface area contributed by atoms with Crippen LogP contribution in [-0.4, -0.2) is 57.1 Å². The molecule has 3 aromatic carbocycles. The van der Waals surface area contributed by atoms with Crippen molar-refractivity contribution in [2.45, 2.75) is 37.4 Å². The summed E-state index contributed by atoms with van der Waals surface area (Å²) in [4.78, 5) is 47.1. The molecule has 42 heavy (non-hydrogen) atoms. The summed E-state index contributed by atoms with van der Waals surface area (Å²) in [6.45, 7) is 0. The van der Waals surface area contributed by atoms with Crippen molar-refractivity contribution in [1.29, 1.82) is 0 Å². The van der Waals surface area contributed by atoms with Gasteiger partial charge in [0.05, 0.1) is 18.1 Å². The molecule has 6 rings (SSSR count). The van der Waals surface area contributed by atoms with Gasteiger partial charge in [-0.2, -0.15) is 5.12 Å². The van der Waals surface area contributed by atoms with Gasteiger partial charge in [-0.15, -0.1) is 0 Å². The summed E-state index contributed by atoms with van der Waals surface area (Å²) in [5.74, 6) is 0. The average molecular weight is 561 g/mol. The van der Waals surface area contributed by atoms with Crippen molar-refractivity contribution < 1.29 is 14.4 Å². The lowest BCUT2D eigenvalue weighted by Crippen LogP contribution is -2.62. The van der Waals surface area contributed by atoms with Crippen molar-refractivity contribution in [3.8, 4) is 0 Å². The van der Waals surface area contributed by atoms with E-state index >= 15 is 0 Å². The number of carbonyl (C=O) groups is 3. The van der Waals surface area contributed by atoms with Crippen molar-refractivity contribution in [1.82, 2.24) is 30.9 Å². The zero-order chi connectivity index (χ0) is 28.9. The third-order valence-electron chi connectivity index (χ3n) is 7.76. The molecule has 0 aliphatic carbocycles. The molecule has 3 atom stereocenters. The number of hydrogen-bond acceptors (Lipinski definition) is 6. The van der Waals surface area contributed by atoms with Gasteiger partial charge >= 0.3 is 0 Å². The lowest BCUT2D eigenvalue weighted by Gasteiger charge is -2.33. The first-order chi connectivity index (χ1) is 20.7. The molecule has 0 saturated heterocycles. The van der Waals surface area contributed by atoms with Gasteiger partial charge in [-0.05, 0) is 54.2 Å². The van der Waals surface area contributed by atoms with E-state index in [1.165, 1.54) is 5.12 Å². The summed E-state index contributed by atoms with van der Waals surface area (Å²) >= 11 is 0.